The lowest BCUT2D eigenvalue weighted by atomic mass is 9.74. The van der Waals surface area contributed by atoms with Gasteiger partial charge < -0.3 is 20.1 Å². The average Bonchev–Trinajstić information content (AvgIpc) is 2.67. The van der Waals surface area contributed by atoms with Crippen LogP contribution in [-0.2, 0) is 10.2 Å². The molecule has 0 radical (unpaired) electrons. The van der Waals surface area contributed by atoms with E-state index in [1.807, 2.05) is 12.1 Å². The highest BCUT2D eigenvalue weighted by Gasteiger charge is 2.34. The summed E-state index contributed by atoms with van der Waals surface area (Å²) in [5.74, 6) is 0.645. The number of halogens is 2. The molecule has 1 fully saturated rings. The number of nitrogens with one attached hydrogen (secondary N) is 2. The van der Waals surface area contributed by atoms with Crippen molar-refractivity contribution in [2.45, 2.75) is 18.3 Å². The number of hydrogen-bond acceptors (Lipinski definition) is 5. The van der Waals surface area contributed by atoms with Crippen molar-refractivity contribution in [1.82, 2.24) is 15.3 Å². The van der Waals surface area contributed by atoms with Gasteiger partial charge in [-0.05, 0) is 42.8 Å². The van der Waals surface area contributed by atoms with E-state index >= 15 is 0 Å². The van der Waals surface area contributed by atoms with Gasteiger partial charge >= 0.3 is 0 Å². The second kappa shape index (κ2) is 9.01. The first kappa shape index (κ1) is 20.1. The zero-order valence-electron chi connectivity index (χ0n) is 14.8. The molecule has 0 amide bonds. The largest absolute Gasteiger partial charge is 0.481 e. The van der Waals surface area contributed by atoms with Crippen LogP contribution in [0.3, 0.4) is 0 Å². The molecule has 2 heterocycles. The lowest BCUT2D eigenvalue weighted by Gasteiger charge is -2.38. The number of benzene rings is 1. The van der Waals surface area contributed by atoms with Gasteiger partial charge in [-0.3, -0.25) is 0 Å². The first-order chi connectivity index (χ1) is 13.0. The number of methoxy groups -OCH3 is 1. The van der Waals surface area contributed by atoms with Crippen molar-refractivity contribution in [3.8, 4) is 5.88 Å². The SMILES string of the molecule is COc1cc(Cl)nc(NC(=S)NCC2(c3ccc(Cl)cc3)CCOCC2)n1. The number of hydrogen-bond donors (Lipinski definition) is 2. The molecule has 0 aliphatic carbocycles. The normalized spacial score (nSPS) is 15.8. The molecule has 1 aliphatic rings. The Morgan fingerprint density at radius 3 is 2.59 bits per heavy atom. The quantitative estimate of drug-likeness (QED) is 0.555. The second-order valence-corrected chi connectivity index (χ2v) is 7.50. The van der Waals surface area contributed by atoms with Gasteiger partial charge in [0.25, 0.3) is 0 Å². The molecular weight excluding hydrogens is 407 g/mol. The van der Waals surface area contributed by atoms with E-state index in [9.17, 15) is 0 Å². The molecule has 0 spiro atoms. The van der Waals surface area contributed by atoms with Crippen LogP contribution in [0.5, 0.6) is 5.88 Å². The van der Waals surface area contributed by atoms with Crippen LogP contribution in [0, 0.1) is 0 Å². The third-order valence-corrected chi connectivity index (χ3v) is 5.29. The molecule has 1 aromatic heterocycles. The Morgan fingerprint density at radius 1 is 1.22 bits per heavy atom. The lowest BCUT2D eigenvalue weighted by Crippen LogP contribution is -2.45. The summed E-state index contributed by atoms with van der Waals surface area (Å²) in [6.07, 6.45) is 1.79. The molecule has 1 aliphatic heterocycles. The minimum atomic E-state index is -0.0819. The first-order valence-electron chi connectivity index (χ1n) is 8.48. The van der Waals surface area contributed by atoms with Crippen LogP contribution in [0.25, 0.3) is 0 Å². The maximum Gasteiger partial charge on any atom is 0.233 e. The van der Waals surface area contributed by atoms with Crippen molar-refractivity contribution >= 4 is 46.5 Å². The smallest absolute Gasteiger partial charge is 0.233 e. The van der Waals surface area contributed by atoms with E-state index < -0.39 is 0 Å². The highest BCUT2D eigenvalue weighted by Crippen LogP contribution is 2.35. The molecule has 2 N–H and O–H groups in total. The molecule has 3 rings (SSSR count). The predicted molar refractivity (Wildman–Crippen MR) is 111 cm³/mol. The molecule has 27 heavy (non-hydrogen) atoms. The van der Waals surface area contributed by atoms with Crippen molar-refractivity contribution in [1.29, 1.82) is 0 Å². The number of rotatable bonds is 5. The molecule has 144 valence electrons. The number of nitrogens with zero attached hydrogens (tertiary/aromatic N) is 2. The van der Waals surface area contributed by atoms with Crippen LogP contribution in [0.1, 0.15) is 18.4 Å². The molecule has 1 saturated heterocycles. The van der Waals surface area contributed by atoms with E-state index in [1.54, 1.807) is 0 Å². The van der Waals surface area contributed by atoms with E-state index in [0.29, 0.717) is 30.8 Å². The van der Waals surface area contributed by atoms with E-state index in [-0.39, 0.29) is 16.5 Å². The number of anilines is 1. The third kappa shape index (κ3) is 5.19. The Bertz CT molecular complexity index is 798. The lowest BCUT2D eigenvalue weighted by molar-refractivity contribution is 0.0515. The van der Waals surface area contributed by atoms with Crippen molar-refractivity contribution in [2.24, 2.45) is 0 Å². The fraction of sp³-hybridized carbons (Fsp3) is 0.389. The molecule has 0 bridgehead atoms. The van der Waals surface area contributed by atoms with E-state index in [1.165, 1.54) is 18.7 Å². The van der Waals surface area contributed by atoms with Gasteiger partial charge in [-0.2, -0.15) is 4.98 Å². The minimum Gasteiger partial charge on any atom is -0.481 e. The summed E-state index contributed by atoms with van der Waals surface area (Å²) >= 11 is 17.4. The van der Waals surface area contributed by atoms with Crippen LogP contribution in [0.15, 0.2) is 30.3 Å². The number of thiocarbonyl (C=S) groups is 1. The average molecular weight is 427 g/mol. The first-order valence-corrected chi connectivity index (χ1v) is 9.64. The van der Waals surface area contributed by atoms with Crippen molar-refractivity contribution in [2.75, 3.05) is 32.2 Å². The van der Waals surface area contributed by atoms with Gasteiger partial charge in [0, 0.05) is 36.3 Å². The van der Waals surface area contributed by atoms with Gasteiger partial charge in [0.05, 0.1) is 7.11 Å². The van der Waals surface area contributed by atoms with Gasteiger partial charge in [-0.25, -0.2) is 4.98 Å². The van der Waals surface area contributed by atoms with Crippen LogP contribution >= 0.6 is 35.4 Å². The molecule has 0 atom stereocenters. The molecule has 9 heteroatoms. The summed E-state index contributed by atoms with van der Waals surface area (Å²) in [5.41, 5.74) is 1.13. The summed E-state index contributed by atoms with van der Waals surface area (Å²) in [6, 6.07) is 9.49. The van der Waals surface area contributed by atoms with E-state index in [2.05, 4.69) is 32.7 Å². The highest BCUT2D eigenvalue weighted by atomic mass is 35.5. The summed E-state index contributed by atoms with van der Waals surface area (Å²) in [7, 11) is 1.51. The number of aromatic nitrogens is 2. The number of ether oxygens (including phenoxy) is 2. The monoisotopic (exact) mass is 426 g/mol. The van der Waals surface area contributed by atoms with Crippen LogP contribution in [-0.4, -0.2) is 41.9 Å². The zero-order valence-corrected chi connectivity index (χ0v) is 17.1. The fourth-order valence-corrected chi connectivity index (χ4v) is 3.55. The molecule has 0 saturated carbocycles. The van der Waals surface area contributed by atoms with Crippen molar-refractivity contribution in [3.63, 3.8) is 0 Å². The highest BCUT2D eigenvalue weighted by molar-refractivity contribution is 7.80. The van der Waals surface area contributed by atoms with Gasteiger partial charge in [0.15, 0.2) is 5.11 Å². The fourth-order valence-electron chi connectivity index (χ4n) is 3.09. The zero-order chi connectivity index (χ0) is 19.3. The Morgan fingerprint density at radius 2 is 1.93 bits per heavy atom. The molecule has 1 aromatic carbocycles. The predicted octanol–water partition coefficient (Wildman–Crippen LogP) is 3.83. The van der Waals surface area contributed by atoms with Crippen LogP contribution in [0.2, 0.25) is 10.2 Å². The Kier molecular flexibility index (Phi) is 6.70. The van der Waals surface area contributed by atoms with Gasteiger partial charge in [0.1, 0.15) is 5.15 Å². The van der Waals surface area contributed by atoms with Crippen LogP contribution < -0.4 is 15.4 Å². The van der Waals surface area contributed by atoms with Gasteiger partial charge in [-0.1, -0.05) is 35.3 Å². The summed E-state index contributed by atoms with van der Waals surface area (Å²) in [6.45, 7) is 2.07. The van der Waals surface area contributed by atoms with Gasteiger partial charge in [-0.15, -0.1) is 0 Å². The third-order valence-electron chi connectivity index (χ3n) is 4.60. The van der Waals surface area contributed by atoms with Crippen molar-refractivity contribution < 1.29 is 9.47 Å². The molecule has 6 nitrogen and oxygen atoms in total. The summed E-state index contributed by atoms with van der Waals surface area (Å²) < 4.78 is 10.7. The molecular formula is C18H20Cl2N4O2S. The van der Waals surface area contributed by atoms with Crippen LogP contribution in [0.4, 0.5) is 5.95 Å². The van der Waals surface area contributed by atoms with Crippen molar-refractivity contribution in [3.05, 3.63) is 46.1 Å². The Hall–Kier alpha value is -1.67. The minimum absolute atomic E-state index is 0.0819. The Labute approximate surface area is 173 Å². The Balaban J connectivity index is 1.69. The van der Waals surface area contributed by atoms with E-state index in [4.69, 9.17) is 44.9 Å². The maximum atomic E-state index is 6.05. The standard InChI is InChI=1S/C18H20Cl2N4O2S/c1-25-15-10-14(20)22-16(23-15)24-17(27)21-11-18(6-8-26-9-7-18)12-2-4-13(19)5-3-12/h2-5,10H,6-9,11H2,1H3,(H2,21,22,23,24,27). The topological polar surface area (TPSA) is 68.3 Å². The van der Waals surface area contributed by atoms with Gasteiger partial charge in [0.2, 0.25) is 11.8 Å². The molecule has 2 aromatic rings. The molecule has 0 unspecified atom stereocenters. The summed E-state index contributed by atoms with van der Waals surface area (Å²) in [4.78, 5) is 8.28. The summed E-state index contributed by atoms with van der Waals surface area (Å²) in [5, 5.41) is 7.64. The second-order valence-electron chi connectivity index (χ2n) is 6.26. The van der Waals surface area contributed by atoms with E-state index in [0.717, 1.165) is 17.9 Å². The maximum absolute atomic E-state index is 6.05.